The first-order valence-corrected chi connectivity index (χ1v) is 8.60. The van der Waals surface area contributed by atoms with Gasteiger partial charge in [0.2, 0.25) is 0 Å². The Kier molecular flexibility index (Phi) is 7.23. The number of amides is 1. The van der Waals surface area contributed by atoms with E-state index >= 15 is 0 Å². The number of esters is 1. The molecular weight excluding hydrogens is 431 g/mol. The fraction of sp³-hybridized carbons (Fsp3) is 0.222. The van der Waals surface area contributed by atoms with Gasteiger partial charge in [-0.05, 0) is 25.1 Å². The third-order valence-corrected chi connectivity index (χ3v) is 3.87. The summed E-state index contributed by atoms with van der Waals surface area (Å²) in [5, 5.41) is 2.40. The molecule has 0 saturated heterocycles. The Labute approximate surface area is 161 Å². The number of carbonyl (C=O) groups excluding carboxylic acids is 2. The maximum absolute atomic E-state index is 13.8. The average molecular weight is 446 g/mol. The summed E-state index contributed by atoms with van der Waals surface area (Å²) in [6.45, 7) is 0.941. The molecule has 144 valence electrons. The molecule has 0 fully saturated rings. The van der Waals surface area contributed by atoms with Gasteiger partial charge >= 0.3 is 5.97 Å². The molecule has 0 heterocycles. The maximum atomic E-state index is 13.8. The maximum Gasteiger partial charge on any atom is 0.344 e. The lowest BCUT2D eigenvalue weighted by Gasteiger charge is -2.12. The van der Waals surface area contributed by atoms with E-state index in [1.165, 1.54) is 12.1 Å². The van der Waals surface area contributed by atoms with Crippen LogP contribution in [0.2, 0.25) is 0 Å². The van der Waals surface area contributed by atoms with Gasteiger partial charge in [-0.2, -0.15) is 0 Å². The van der Waals surface area contributed by atoms with Crippen molar-refractivity contribution in [1.82, 2.24) is 5.32 Å². The van der Waals surface area contributed by atoms with Crippen molar-refractivity contribution in [1.29, 1.82) is 0 Å². The Morgan fingerprint density at radius 3 is 2.44 bits per heavy atom. The number of hydrogen-bond donors (Lipinski definition) is 1. The predicted molar refractivity (Wildman–Crippen MR) is 93.8 cm³/mol. The standard InChI is InChI=1S/C18H15BrF3NO4/c1-2-26-17(24)9-27-16-7-15(22)14(21)6-12(16)18(25)23-8-10-3-4-11(19)5-13(10)20/h3-7H,2,8-9H2,1H3,(H,23,25). The van der Waals surface area contributed by atoms with Crippen molar-refractivity contribution >= 4 is 27.8 Å². The first kappa shape index (κ1) is 20.8. The molecule has 0 aromatic heterocycles. The molecule has 0 radical (unpaired) electrons. The summed E-state index contributed by atoms with van der Waals surface area (Å²) >= 11 is 3.12. The monoisotopic (exact) mass is 445 g/mol. The van der Waals surface area contributed by atoms with Crippen molar-refractivity contribution in [2.75, 3.05) is 13.2 Å². The van der Waals surface area contributed by atoms with Gasteiger partial charge in [-0.1, -0.05) is 22.0 Å². The molecule has 27 heavy (non-hydrogen) atoms. The molecule has 2 aromatic carbocycles. The van der Waals surface area contributed by atoms with Crippen molar-refractivity contribution in [3.63, 3.8) is 0 Å². The molecule has 1 N–H and O–H groups in total. The molecule has 0 saturated carbocycles. The van der Waals surface area contributed by atoms with Crippen LogP contribution in [0, 0.1) is 17.5 Å². The SMILES string of the molecule is CCOC(=O)COc1cc(F)c(F)cc1C(=O)NCc1ccc(Br)cc1F. The summed E-state index contributed by atoms with van der Waals surface area (Å²) in [4.78, 5) is 23.7. The number of nitrogens with one attached hydrogen (secondary N) is 1. The van der Waals surface area contributed by atoms with E-state index in [-0.39, 0.29) is 30.0 Å². The lowest BCUT2D eigenvalue weighted by Crippen LogP contribution is -2.25. The van der Waals surface area contributed by atoms with Crippen molar-refractivity contribution < 1.29 is 32.2 Å². The van der Waals surface area contributed by atoms with Crippen LogP contribution in [-0.4, -0.2) is 25.1 Å². The minimum absolute atomic E-state index is 0.117. The molecule has 0 atom stereocenters. The summed E-state index contributed by atoms with van der Waals surface area (Å²) in [6, 6.07) is 5.58. The molecule has 0 bridgehead atoms. The van der Waals surface area contributed by atoms with Gasteiger partial charge in [-0.25, -0.2) is 18.0 Å². The second-order valence-electron chi connectivity index (χ2n) is 5.27. The van der Waals surface area contributed by atoms with Crippen molar-refractivity contribution in [3.05, 3.63) is 63.4 Å². The van der Waals surface area contributed by atoms with Gasteiger partial charge in [0.05, 0.1) is 12.2 Å². The number of halogens is 4. The van der Waals surface area contributed by atoms with E-state index in [2.05, 4.69) is 26.0 Å². The van der Waals surface area contributed by atoms with Crippen molar-refractivity contribution in [2.24, 2.45) is 0 Å². The molecular formula is C18H15BrF3NO4. The Bertz CT molecular complexity index is 861. The molecule has 0 aliphatic rings. The van der Waals surface area contributed by atoms with Crippen LogP contribution < -0.4 is 10.1 Å². The van der Waals surface area contributed by atoms with Crippen LogP contribution >= 0.6 is 15.9 Å². The highest BCUT2D eigenvalue weighted by Gasteiger charge is 2.19. The average Bonchev–Trinajstić information content (AvgIpc) is 2.61. The molecule has 2 rings (SSSR count). The van der Waals surface area contributed by atoms with Gasteiger partial charge in [0.1, 0.15) is 11.6 Å². The van der Waals surface area contributed by atoms with E-state index < -0.39 is 35.9 Å². The van der Waals surface area contributed by atoms with Gasteiger partial charge in [0.15, 0.2) is 18.2 Å². The summed E-state index contributed by atoms with van der Waals surface area (Å²) in [5.74, 6) is -4.95. The van der Waals surface area contributed by atoms with Crippen LogP contribution in [0.3, 0.4) is 0 Å². The highest BCUT2D eigenvalue weighted by atomic mass is 79.9. The summed E-state index contributed by atoms with van der Waals surface area (Å²) < 4.78 is 51.1. The van der Waals surface area contributed by atoms with E-state index in [4.69, 9.17) is 4.74 Å². The number of benzene rings is 2. The normalized spacial score (nSPS) is 10.4. The van der Waals surface area contributed by atoms with Gasteiger partial charge in [-0.3, -0.25) is 4.79 Å². The van der Waals surface area contributed by atoms with Crippen LogP contribution in [0.1, 0.15) is 22.8 Å². The summed E-state index contributed by atoms with van der Waals surface area (Å²) in [6.07, 6.45) is 0. The number of ether oxygens (including phenoxy) is 2. The molecule has 0 aliphatic heterocycles. The smallest absolute Gasteiger partial charge is 0.344 e. The minimum Gasteiger partial charge on any atom is -0.481 e. The van der Waals surface area contributed by atoms with Gasteiger partial charge in [0.25, 0.3) is 5.91 Å². The summed E-state index contributed by atoms with van der Waals surface area (Å²) in [5.41, 5.74) is -0.140. The molecule has 0 unspecified atom stereocenters. The van der Waals surface area contributed by atoms with Crippen LogP contribution in [0.25, 0.3) is 0 Å². The molecule has 9 heteroatoms. The van der Waals surface area contributed by atoms with Crippen LogP contribution in [-0.2, 0) is 16.1 Å². The first-order valence-electron chi connectivity index (χ1n) is 7.81. The van der Waals surface area contributed by atoms with Crippen LogP contribution in [0.5, 0.6) is 5.75 Å². The largest absolute Gasteiger partial charge is 0.481 e. The zero-order chi connectivity index (χ0) is 20.0. The van der Waals surface area contributed by atoms with Crippen LogP contribution in [0.15, 0.2) is 34.8 Å². The second-order valence-corrected chi connectivity index (χ2v) is 6.19. The van der Waals surface area contributed by atoms with E-state index in [0.717, 1.165) is 0 Å². The Balaban J connectivity index is 2.15. The highest BCUT2D eigenvalue weighted by molar-refractivity contribution is 9.10. The topological polar surface area (TPSA) is 64.6 Å². The zero-order valence-corrected chi connectivity index (χ0v) is 15.7. The minimum atomic E-state index is -1.27. The third-order valence-electron chi connectivity index (χ3n) is 3.37. The quantitative estimate of drug-likeness (QED) is 0.659. The number of hydrogen-bond acceptors (Lipinski definition) is 4. The van der Waals surface area contributed by atoms with Gasteiger partial charge < -0.3 is 14.8 Å². The molecule has 0 aliphatic carbocycles. The third kappa shape index (κ3) is 5.72. The predicted octanol–water partition coefficient (Wildman–Crippen LogP) is 3.74. The highest BCUT2D eigenvalue weighted by Crippen LogP contribution is 2.23. The van der Waals surface area contributed by atoms with E-state index in [1.54, 1.807) is 13.0 Å². The van der Waals surface area contributed by atoms with Gasteiger partial charge in [0, 0.05) is 22.6 Å². The Hall–Kier alpha value is -2.55. The Morgan fingerprint density at radius 2 is 1.78 bits per heavy atom. The zero-order valence-electron chi connectivity index (χ0n) is 14.2. The van der Waals surface area contributed by atoms with E-state index in [0.29, 0.717) is 16.6 Å². The van der Waals surface area contributed by atoms with Gasteiger partial charge in [-0.15, -0.1) is 0 Å². The molecule has 5 nitrogen and oxygen atoms in total. The second kappa shape index (κ2) is 9.40. The lowest BCUT2D eigenvalue weighted by molar-refractivity contribution is -0.145. The fourth-order valence-corrected chi connectivity index (χ4v) is 2.43. The van der Waals surface area contributed by atoms with Crippen molar-refractivity contribution in [3.8, 4) is 5.75 Å². The first-order chi connectivity index (χ1) is 12.8. The molecule has 1 amide bonds. The summed E-state index contributed by atoms with van der Waals surface area (Å²) in [7, 11) is 0. The van der Waals surface area contributed by atoms with E-state index in [9.17, 15) is 22.8 Å². The lowest BCUT2D eigenvalue weighted by atomic mass is 10.1. The number of carbonyl (C=O) groups is 2. The van der Waals surface area contributed by atoms with Crippen molar-refractivity contribution in [2.45, 2.75) is 13.5 Å². The molecule has 2 aromatic rings. The molecule has 0 spiro atoms. The Morgan fingerprint density at radius 1 is 1.07 bits per heavy atom. The number of rotatable bonds is 7. The fourth-order valence-electron chi connectivity index (χ4n) is 2.10. The van der Waals surface area contributed by atoms with Crippen LogP contribution in [0.4, 0.5) is 13.2 Å². The van der Waals surface area contributed by atoms with E-state index in [1.807, 2.05) is 0 Å².